The van der Waals surface area contributed by atoms with E-state index in [1.807, 2.05) is 13.0 Å². The standard InChI is InChI=1S/C18H17FN6O/c1-8-2-15(20)22-6-11(8)14-3-9-4-16(23-7-12(9)17(21)24-14)25-18(26)10-5-13(10)19/h2-4,6-7,10,13H,5H2,1H3,(H2,20,22)(H2,21,24)(H,23,25,26)/t10-,13+/m1/s1. The van der Waals surface area contributed by atoms with Crippen molar-refractivity contribution in [1.29, 1.82) is 0 Å². The normalized spacial score (nSPS) is 18.7. The van der Waals surface area contributed by atoms with E-state index in [0.717, 1.165) is 16.5 Å². The number of aryl methyl sites for hydroxylation is 1. The Bertz CT molecular complexity index is 1040. The van der Waals surface area contributed by atoms with Crippen LogP contribution in [0.2, 0.25) is 0 Å². The zero-order valence-corrected chi connectivity index (χ0v) is 14.0. The molecule has 0 aromatic carbocycles. The van der Waals surface area contributed by atoms with Crippen LogP contribution in [0.4, 0.5) is 21.8 Å². The molecule has 0 spiro atoms. The summed E-state index contributed by atoms with van der Waals surface area (Å²) in [5.74, 6) is 0.176. The predicted octanol–water partition coefficient (Wildman–Crippen LogP) is 2.46. The number of anilines is 3. The molecule has 1 fully saturated rings. The maximum Gasteiger partial charge on any atom is 0.231 e. The van der Waals surface area contributed by atoms with E-state index >= 15 is 0 Å². The Morgan fingerprint density at radius 3 is 2.69 bits per heavy atom. The Kier molecular flexibility index (Phi) is 3.68. The van der Waals surface area contributed by atoms with Gasteiger partial charge in [0.2, 0.25) is 5.91 Å². The third-order valence-electron chi connectivity index (χ3n) is 4.45. The van der Waals surface area contributed by atoms with Crippen molar-refractivity contribution in [2.45, 2.75) is 19.5 Å². The fourth-order valence-corrected chi connectivity index (χ4v) is 2.88. The van der Waals surface area contributed by atoms with Crippen LogP contribution >= 0.6 is 0 Å². The first kappa shape index (κ1) is 16.2. The minimum absolute atomic E-state index is 0.268. The first-order valence-electron chi connectivity index (χ1n) is 8.16. The van der Waals surface area contributed by atoms with Gasteiger partial charge in [-0.25, -0.2) is 19.3 Å². The van der Waals surface area contributed by atoms with Gasteiger partial charge in [0.05, 0.1) is 11.6 Å². The molecule has 7 nitrogen and oxygen atoms in total. The Morgan fingerprint density at radius 1 is 1.23 bits per heavy atom. The molecule has 26 heavy (non-hydrogen) atoms. The molecule has 0 unspecified atom stereocenters. The molecule has 3 heterocycles. The number of carbonyl (C=O) groups is 1. The Balaban J connectivity index is 1.73. The summed E-state index contributed by atoms with van der Waals surface area (Å²) < 4.78 is 13.0. The zero-order valence-electron chi connectivity index (χ0n) is 14.0. The molecule has 132 valence electrons. The Labute approximate surface area is 148 Å². The van der Waals surface area contributed by atoms with Crippen molar-refractivity contribution in [3.63, 3.8) is 0 Å². The number of carbonyl (C=O) groups excluding carboxylic acids is 1. The Morgan fingerprint density at radius 2 is 2.00 bits per heavy atom. The van der Waals surface area contributed by atoms with Crippen molar-refractivity contribution in [2.24, 2.45) is 5.92 Å². The SMILES string of the molecule is Cc1cc(N)ncc1-c1cc2cc(NC(=O)[C@@H]3C[C@@H]3F)ncc2c(N)n1. The number of halogens is 1. The van der Waals surface area contributed by atoms with Gasteiger partial charge in [-0.05, 0) is 42.5 Å². The number of rotatable bonds is 3. The summed E-state index contributed by atoms with van der Waals surface area (Å²) in [7, 11) is 0. The lowest BCUT2D eigenvalue weighted by molar-refractivity contribution is -0.117. The van der Waals surface area contributed by atoms with E-state index < -0.39 is 12.1 Å². The summed E-state index contributed by atoms with van der Waals surface area (Å²) in [6, 6.07) is 5.31. The maximum atomic E-state index is 13.0. The summed E-state index contributed by atoms with van der Waals surface area (Å²) in [6.45, 7) is 1.91. The van der Waals surface area contributed by atoms with E-state index in [4.69, 9.17) is 11.5 Å². The lowest BCUT2D eigenvalue weighted by atomic mass is 10.1. The van der Waals surface area contributed by atoms with E-state index in [1.54, 1.807) is 24.5 Å². The van der Waals surface area contributed by atoms with Crippen LogP contribution in [0.1, 0.15) is 12.0 Å². The van der Waals surface area contributed by atoms with Crippen molar-refractivity contribution in [3.8, 4) is 11.3 Å². The van der Waals surface area contributed by atoms with E-state index in [-0.39, 0.29) is 12.3 Å². The molecule has 0 bridgehead atoms. The minimum atomic E-state index is -1.05. The fraction of sp³-hybridized carbons (Fsp3) is 0.222. The summed E-state index contributed by atoms with van der Waals surface area (Å²) in [4.78, 5) is 24.6. The smallest absolute Gasteiger partial charge is 0.231 e. The van der Waals surface area contributed by atoms with Crippen LogP contribution in [0.15, 0.2) is 30.6 Å². The van der Waals surface area contributed by atoms with Crippen molar-refractivity contribution in [1.82, 2.24) is 15.0 Å². The first-order chi connectivity index (χ1) is 12.4. The van der Waals surface area contributed by atoms with Gasteiger partial charge in [0.1, 0.15) is 23.6 Å². The van der Waals surface area contributed by atoms with Gasteiger partial charge in [-0.3, -0.25) is 4.79 Å². The molecule has 3 aromatic heterocycles. The van der Waals surface area contributed by atoms with Crippen LogP contribution in [0.3, 0.4) is 0 Å². The molecule has 0 radical (unpaired) electrons. The largest absolute Gasteiger partial charge is 0.384 e. The number of nitrogens with one attached hydrogen (secondary N) is 1. The predicted molar refractivity (Wildman–Crippen MR) is 98.0 cm³/mol. The van der Waals surface area contributed by atoms with E-state index in [0.29, 0.717) is 28.5 Å². The van der Waals surface area contributed by atoms with Gasteiger partial charge in [0.15, 0.2) is 0 Å². The lowest BCUT2D eigenvalue weighted by Crippen LogP contribution is -2.15. The zero-order chi connectivity index (χ0) is 18.4. The second kappa shape index (κ2) is 5.91. The van der Waals surface area contributed by atoms with Crippen molar-refractivity contribution < 1.29 is 9.18 Å². The van der Waals surface area contributed by atoms with Gasteiger partial charge in [-0.15, -0.1) is 0 Å². The van der Waals surface area contributed by atoms with Gasteiger partial charge < -0.3 is 16.8 Å². The summed E-state index contributed by atoms with van der Waals surface area (Å²) in [5.41, 5.74) is 14.2. The van der Waals surface area contributed by atoms with Crippen molar-refractivity contribution >= 4 is 34.1 Å². The molecule has 0 aliphatic heterocycles. The molecule has 8 heteroatoms. The average Bonchev–Trinajstić information content (AvgIpc) is 3.31. The number of hydrogen-bond acceptors (Lipinski definition) is 6. The average molecular weight is 352 g/mol. The molecular formula is C18H17FN6O. The number of nitrogens with two attached hydrogens (primary N) is 2. The number of alkyl halides is 1. The topological polar surface area (TPSA) is 120 Å². The van der Waals surface area contributed by atoms with Gasteiger partial charge in [-0.2, -0.15) is 0 Å². The van der Waals surface area contributed by atoms with E-state index in [2.05, 4.69) is 20.3 Å². The third-order valence-corrected chi connectivity index (χ3v) is 4.45. The second-order valence-electron chi connectivity index (χ2n) is 6.45. The fourth-order valence-electron chi connectivity index (χ4n) is 2.88. The van der Waals surface area contributed by atoms with Gasteiger partial charge in [-0.1, -0.05) is 0 Å². The monoisotopic (exact) mass is 352 g/mol. The molecule has 1 aliphatic rings. The van der Waals surface area contributed by atoms with Crippen LogP contribution < -0.4 is 16.8 Å². The molecule has 1 saturated carbocycles. The van der Waals surface area contributed by atoms with Crippen LogP contribution in [0.25, 0.3) is 22.0 Å². The number of fused-ring (bicyclic) bond motifs is 1. The molecule has 1 aliphatic carbocycles. The highest BCUT2D eigenvalue weighted by molar-refractivity contribution is 5.98. The van der Waals surface area contributed by atoms with Crippen molar-refractivity contribution in [3.05, 3.63) is 36.2 Å². The summed E-state index contributed by atoms with van der Waals surface area (Å²) in [6.07, 6.45) is 2.41. The lowest BCUT2D eigenvalue weighted by Gasteiger charge is -2.10. The van der Waals surface area contributed by atoms with Crippen LogP contribution in [-0.4, -0.2) is 27.0 Å². The second-order valence-corrected chi connectivity index (χ2v) is 6.45. The van der Waals surface area contributed by atoms with Crippen LogP contribution in [0.5, 0.6) is 0 Å². The molecular weight excluding hydrogens is 335 g/mol. The number of nitrogen functional groups attached to an aromatic ring is 2. The summed E-state index contributed by atoms with van der Waals surface area (Å²) in [5, 5.41) is 4.08. The van der Waals surface area contributed by atoms with Gasteiger partial charge in [0.25, 0.3) is 0 Å². The molecule has 3 aromatic rings. The van der Waals surface area contributed by atoms with Crippen LogP contribution in [-0.2, 0) is 4.79 Å². The number of amides is 1. The van der Waals surface area contributed by atoms with Gasteiger partial charge >= 0.3 is 0 Å². The van der Waals surface area contributed by atoms with Crippen molar-refractivity contribution in [2.75, 3.05) is 16.8 Å². The van der Waals surface area contributed by atoms with E-state index in [1.165, 1.54) is 0 Å². The molecule has 1 amide bonds. The molecule has 0 saturated heterocycles. The number of nitrogens with zero attached hydrogens (tertiary/aromatic N) is 3. The van der Waals surface area contributed by atoms with E-state index in [9.17, 15) is 9.18 Å². The highest BCUT2D eigenvalue weighted by Gasteiger charge is 2.43. The summed E-state index contributed by atoms with van der Waals surface area (Å²) >= 11 is 0. The molecule has 2 atom stereocenters. The number of pyridine rings is 3. The number of hydrogen-bond donors (Lipinski definition) is 3. The maximum absolute atomic E-state index is 13.0. The molecule has 4 rings (SSSR count). The Hall–Kier alpha value is -3.29. The molecule has 5 N–H and O–H groups in total. The highest BCUT2D eigenvalue weighted by Crippen LogP contribution is 2.35. The highest BCUT2D eigenvalue weighted by atomic mass is 19.1. The minimum Gasteiger partial charge on any atom is -0.384 e. The van der Waals surface area contributed by atoms with Crippen LogP contribution in [0, 0.1) is 12.8 Å². The van der Waals surface area contributed by atoms with Gasteiger partial charge in [0, 0.05) is 23.3 Å². The quantitative estimate of drug-likeness (QED) is 0.666. The third kappa shape index (κ3) is 2.90. The number of aromatic nitrogens is 3. The first-order valence-corrected chi connectivity index (χ1v) is 8.16.